The van der Waals surface area contributed by atoms with Crippen molar-refractivity contribution in [1.29, 1.82) is 0 Å². The van der Waals surface area contributed by atoms with E-state index in [0.717, 1.165) is 6.42 Å². The van der Waals surface area contributed by atoms with E-state index in [9.17, 15) is 4.39 Å². The number of hydrogen-bond donors (Lipinski definition) is 1. The Morgan fingerprint density at radius 2 is 2.06 bits per heavy atom. The molecule has 0 radical (unpaired) electrons. The van der Waals surface area contributed by atoms with Gasteiger partial charge in [0.25, 0.3) is 0 Å². The zero-order valence-electron chi connectivity index (χ0n) is 11.4. The Morgan fingerprint density at radius 3 is 2.78 bits per heavy atom. The maximum atomic E-state index is 13.6. The molecule has 0 bridgehead atoms. The van der Waals surface area contributed by atoms with Crippen LogP contribution in [0.5, 0.6) is 0 Å². The molecule has 1 unspecified atom stereocenters. The second-order valence-corrected chi connectivity index (χ2v) is 4.79. The van der Waals surface area contributed by atoms with Crippen LogP contribution in [0.25, 0.3) is 0 Å². The summed E-state index contributed by atoms with van der Waals surface area (Å²) < 4.78 is 19.2. The molecule has 0 saturated heterocycles. The van der Waals surface area contributed by atoms with Gasteiger partial charge in [0.2, 0.25) is 0 Å². The zero-order valence-corrected chi connectivity index (χ0v) is 11.4. The lowest BCUT2D eigenvalue weighted by molar-refractivity contribution is 0.0444. The van der Waals surface area contributed by atoms with Crippen molar-refractivity contribution in [3.63, 3.8) is 0 Å². The molecular formula is C15H24FNO. The largest absolute Gasteiger partial charge is 0.396 e. The van der Waals surface area contributed by atoms with Gasteiger partial charge in [-0.3, -0.25) is 0 Å². The van der Waals surface area contributed by atoms with Crippen LogP contribution in [0.15, 0.2) is 18.2 Å². The summed E-state index contributed by atoms with van der Waals surface area (Å²) in [6.45, 7) is 4.53. The van der Waals surface area contributed by atoms with E-state index in [0.29, 0.717) is 12.2 Å². The van der Waals surface area contributed by atoms with Crippen LogP contribution in [-0.4, -0.2) is 6.10 Å². The van der Waals surface area contributed by atoms with E-state index >= 15 is 0 Å². The number of nitrogens with two attached hydrogens (primary N) is 1. The van der Waals surface area contributed by atoms with Crippen molar-refractivity contribution in [2.45, 2.75) is 58.7 Å². The van der Waals surface area contributed by atoms with Crippen LogP contribution in [0.4, 0.5) is 10.1 Å². The molecule has 0 amide bonds. The first-order valence-corrected chi connectivity index (χ1v) is 6.79. The highest BCUT2D eigenvalue weighted by Crippen LogP contribution is 2.17. The van der Waals surface area contributed by atoms with E-state index in [2.05, 4.69) is 6.92 Å². The molecule has 2 N–H and O–H groups in total. The average Bonchev–Trinajstić information content (AvgIpc) is 2.36. The number of nitrogen functional groups attached to an aromatic ring is 1. The van der Waals surface area contributed by atoms with Crippen LogP contribution in [0, 0.1) is 5.82 Å². The molecule has 0 spiro atoms. The first kappa shape index (κ1) is 15.0. The zero-order chi connectivity index (χ0) is 13.4. The lowest BCUT2D eigenvalue weighted by Crippen LogP contribution is -2.09. The SMILES string of the molecule is CCCCCCC(C)OCc1cccc(N)c1F. The van der Waals surface area contributed by atoms with Crippen molar-refractivity contribution in [1.82, 2.24) is 0 Å². The molecule has 0 aliphatic heterocycles. The van der Waals surface area contributed by atoms with E-state index in [1.165, 1.54) is 25.7 Å². The highest BCUT2D eigenvalue weighted by molar-refractivity contribution is 5.42. The first-order valence-electron chi connectivity index (χ1n) is 6.79. The van der Waals surface area contributed by atoms with Crippen LogP contribution in [0.1, 0.15) is 51.5 Å². The fraction of sp³-hybridized carbons (Fsp3) is 0.600. The van der Waals surface area contributed by atoms with Gasteiger partial charge in [-0.2, -0.15) is 0 Å². The summed E-state index contributed by atoms with van der Waals surface area (Å²) in [5.74, 6) is -0.351. The third-order valence-electron chi connectivity index (χ3n) is 3.10. The van der Waals surface area contributed by atoms with Gasteiger partial charge < -0.3 is 10.5 Å². The highest BCUT2D eigenvalue weighted by Gasteiger charge is 2.08. The summed E-state index contributed by atoms with van der Waals surface area (Å²) in [7, 11) is 0. The summed E-state index contributed by atoms with van der Waals surface area (Å²) in [6, 6.07) is 5.03. The lowest BCUT2D eigenvalue weighted by atomic mass is 10.1. The van der Waals surface area contributed by atoms with Crippen LogP contribution in [0.2, 0.25) is 0 Å². The molecule has 0 aliphatic carbocycles. The van der Waals surface area contributed by atoms with E-state index in [-0.39, 0.29) is 17.6 Å². The fourth-order valence-electron chi connectivity index (χ4n) is 1.89. The van der Waals surface area contributed by atoms with Gasteiger partial charge in [-0.05, 0) is 19.4 Å². The molecule has 1 rings (SSSR count). The van der Waals surface area contributed by atoms with Crippen molar-refractivity contribution < 1.29 is 9.13 Å². The van der Waals surface area contributed by atoms with Gasteiger partial charge in [-0.25, -0.2) is 4.39 Å². The van der Waals surface area contributed by atoms with Gasteiger partial charge >= 0.3 is 0 Å². The van der Waals surface area contributed by atoms with Crippen LogP contribution in [0.3, 0.4) is 0 Å². The quantitative estimate of drug-likeness (QED) is 0.554. The molecule has 1 aromatic carbocycles. The maximum Gasteiger partial charge on any atom is 0.151 e. The molecule has 1 atom stereocenters. The van der Waals surface area contributed by atoms with E-state index in [1.54, 1.807) is 18.2 Å². The minimum atomic E-state index is -0.351. The number of halogens is 1. The van der Waals surface area contributed by atoms with E-state index in [1.807, 2.05) is 6.92 Å². The second kappa shape index (κ2) is 8.09. The molecule has 3 heteroatoms. The number of hydrogen-bond acceptors (Lipinski definition) is 2. The monoisotopic (exact) mass is 253 g/mol. The second-order valence-electron chi connectivity index (χ2n) is 4.79. The molecule has 0 saturated carbocycles. The molecule has 18 heavy (non-hydrogen) atoms. The summed E-state index contributed by atoms with van der Waals surface area (Å²) >= 11 is 0. The van der Waals surface area contributed by atoms with E-state index in [4.69, 9.17) is 10.5 Å². The summed E-state index contributed by atoms with van der Waals surface area (Å²) in [4.78, 5) is 0. The fourth-order valence-corrected chi connectivity index (χ4v) is 1.89. The van der Waals surface area contributed by atoms with Crippen LogP contribution >= 0.6 is 0 Å². The Hall–Kier alpha value is -1.09. The molecule has 0 aromatic heterocycles. The number of rotatable bonds is 8. The molecule has 102 valence electrons. The summed E-state index contributed by atoms with van der Waals surface area (Å²) in [6.07, 6.45) is 6.14. The van der Waals surface area contributed by atoms with Crippen molar-refractivity contribution in [3.8, 4) is 0 Å². The van der Waals surface area contributed by atoms with Crippen molar-refractivity contribution in [2.75, 3.05) is 5.73 Å². The first-order chi connectivity index (χ1) is 8.65. The average molecular weight is 253 g/mol. The number of unbranched alkanes of at least 4 members (excludes halogenated alkanes) is 3. The van der Waals surface area contributed by atoms with Gasteiger partial charge in [-0.1, -0.05) is 44.7 Å². The third kappa shape index (κ3) is 5.05. The number of benzene rings is 1. The highest BCUT2D eigenvalue weighted by atomic mass is 19.1. The standard InChI is InChI=1S/C15H24FNO/c1-3-4-5-6-8-12(2)18-11-13-9-7-10-14(17)15(13)16/h7,9-10,12H,3-6,8,11,17H2,1-2H3. The van der Waals surface area contributed by atoms with Crippen LogP contribution < -0.4 is 5.73 Å². The van der Waals surface area contributed by atoms with Crippen molar-refractivity contribution >= 4 is 5.69 Å². The minimum absolute atomic E-state index is 0.169. The molecule has 0 fully saturated rings. The lowest BCUT2D eigenvalue weighted by Gasteiger charge is -2.13. The van der Waals surface area contributed by atoms with Gasteiger partial charge in [-0.15, -0.1) is 0 Å². The molecule has 0 aliphatic rings. The van der Waals surface area contributed by atoms with Gasteiger partial charge in [0.15, 0.2) is 5.82 Å². The Morgan fingerprint density at radius 1 is 1.28 bits per heavy atom. The normalized spacial score (nSPS) is 12.6. The third-order valence-corrected chi connectivity index (χ3v) is 3.10. The number of ether oxygens (including phenoxy) is 1. The van der Waals surface area contributed by atoms with Crippen LogP contribution in [-0.2, 0) is 11.3 Å². The molecule has 0 heterocycles. The van der Waals surface area contributed by atoms with Gasteiger partial charge in [0.1, 0.15) is 0 Å². The summed E-state index contributed by atoms with van der Waals surface area (Å²) in [5, 5.41) is 0. The topological polar surface area (TPSA) is 35.2 Å². The Labute approximate surface area is 109 Å². The van der Waals surface area contributed by atoms with E-state index < -0.39 is 0 Å². The van der Waals surface area contributed by atoms with Gasteiger partial charge in [0, 0.05) is 5.56 Å². The predicted molar refractivity (Wildman–Crippen MR) is 73.8 cm³/mol. The Balaban J connectivity index is 2.29. The van der Waals surface area contributed by atoms with Crippen molar-refractivity contribution in [3.05, 3.63) is 29.6 Å². The summed E-state index contributed by atoms with van der Waals surface area (Å²) in [5.41, 5.74) is 6.23. The molecule has 1 aromatic rings. The maximum absolute atomic E-state index is 13.6. The Bertz CT molecular complexity index is 354. The predicted octanol–water partition coefficient (Wildman–Crippen LogP) is 4.28. The minimum Gasteiger partial charge on any atom is -0.396 e. The smallest absolute Gasteiger partial charge is 0.151 e. The Kier molecular flexibility index (Phi) is 6.73. The van der Waals surface area contributed by atoms with Gasteiger partial charge in [0.05, 0.1) is 18.4 Å². The number of anilines is 1. The van der Waals surface area contributed by atoms with Crippen molar-refractivity contribution in [2.24, 2.45) is 0 Å². The molecular weight excluding hydrogens is 229 g/mol. The molecule has 2 nitrogen and oxygen atoms in total.